The van der Waals surface area contributed by atoms with E-state index < -0.39 is 0 Å². The fourth-order valence-electron chi connectivity index (χ4n) is 1.98. The van der Waals surface area contributed by atoms with Crippen molar-refractivity contribution in [2.45, 2.75) is 25.9 Å². The fraction of sp³-hybridized carbons (Fsp3) is 0.636. The van der Waals surface area contributed by atoms with Crippen LogP contribution in [0.1, 0.15) is 24.6 Å². The van der Waals surface area contributed by atoms with Crippen LogP contribution in [0.25, 0.3) is 0 Å². The van der Waals surface area contributed by atoms with Gasteiger partial charge in [0.2, 0.25) is 5.89 Å². The summed E-state index contributed by atoms with van der Waals surface area (Å²) in [7, 11) is 0. The molecule has 2 heterocycles. The van der Waals surface area contributed by atoms with Crippen LogP contribution in [-0.2, 0) is 13.1 Å². The standard InChI is InChI=1S/C11H18N4O/c1-2-9-3-5-15(6-4-9)8-10-13-11(7-12)16-14-10/h2,9H,1,3-8,12H2. The molecule has 0 unspecified atom stereocenters. The molecule has 0 aromatic carbocycles. The normalized spacial score (nSPS) is 18.8. The van der Waals surface area contributed by atoms with Crippen molar-refractivity contribution in [1.82, 2.24) is 15.0 Å². The molecule has 1 aromatic rings. The lowest BCUT2D eigenvalue weighted by molar-refractivity contribution is 0.189. The van der Waals surface area contributed by atoms with E-state index in [0.717, 1.165) is 25.5 Å². The van der Waals surface area contributed by atoms with Gasteiger partial charge in [0.15, 0.2) is 5.82 Å². The summed E-state index contributed by atoms with van der Waals surface area (Å²) in [4.78, 5) is 6.54. The number of rotatable bonds is 4. The predicted molar refractivity (Wildman–Crippen MR) is 60.4 cm³/mol. The zero-order chi connectivity index (χ0) is 11.4. The fourth-order valence-corrected chi connectivity index (χ4v) is 1.98. The van der Waals surface area contributed by atoms with Crippen molar-refractivity contribution in [3.05, 3.63) is 24.4 Å². The summed E-state index contributed by atoms with van der Waals surface area (Å²) in [6.07, 6.45) is 4.40. The lowest BCUT2D eigenvalue weighted by atomic mass is 9.97. The molecule has 88 valence electrons. The third kappa shape index (κ3) is 2.68. The molecule has 2 N–H and O–H groups in total. The first kappa shape index (κ1) is 11.3. The van der Waals surface area contributed by atoms with Gasteiger partial charge in [0.1, 0.15) is 0 Å². The van der Waals surface area contributed by atoms with Crippen LogP contribution in [0.3, 0.4) is 0 Å². The lowest BCUT2D eigenvalue weighted by Crippen LogP contribution is -2.32. The van der Waals surface area contributed by atoms with Crippen molar-refractivity contribution in [2.24, 2.45) is 11.7 Å². The van der Waals surface area contributed by atoms with Gasteiger partial charge in [-0.15, -0.1) is 6.58 Å². The Kier molecular flexibility index (Phi) is 3.69. The van der Waals surface area contributed by atoms with Crippen LogP contribution in [0.5, 0.6) is 0 Å². The van der Waals surface area contributed by atoms with Crippen LogP contribution in [0.4, 0.5) is 0 Å². The molecule has 1 aliphatic rings. The smallest absolute Gasteiger partial charge is 0.240 e. The van der Waals surface area contributed by atoms with Gasteiger partial charge in [-0.3, -0.25) is 4.90 Å². The molecule has 1 fully saturated rings. The van der Waals surface area contributed by atoms with Gasteiger partial charge < -0.3 is 10.3 Å². The first-order valence-corrected chi connectivity index (χ1v) is 5.68. The Morgan fingerprint density at radius 2 is 2.25 bits per heavy atom. The summed E-state index contributed by atoms with van der Waals surface area (Å²) < 4.78 is 4.97. The maximum Gasteiger partial charge on any atom is 0.240 e. The molecule has 0 saturated carbocycles. The monoisotopic (exact) mass is 222 g/mol. The van der Waals surface area contributed by atoms with Crippen LogP contribution in [0.2, 0.25) is 0 Å². The number of nitrogens with zero attached hydrogens (tertiary/aromatic N) is 3. The number of hydrogen-bond donors (Lipinski definition) is 1. The van der Waals surface area contributed by atoms with E-state index in [0.29, 0.717) is 18.4 Å². The molecular formula is C11H18N4O. The molecule has 2 rings (SSSR count). The summed E-state index contributed by atoms with van der Waals surface area (Å²) in [6.45, 7) is 7.05. The quantitative estimate of drug-likeness (QED) is 0.767. The molecule has 0 radical (unpaired) electrons. The van der Waals surface area contributed by atoms with Gasteiger partial charge in [-0.25, -0.2) is 0 Å². The first-order chi connectivity index (χ1) is 7.81. The van der Waals surface area contributed by atoms with E-state index in [-0.39, 0.29) is 0 Å². The van der Waals surface area contributed by atoms with Crippen LogP contribution >= 0.6 is 0 Å². The molecule has 0 aliphatic carbocycles. The van der Waals surface area contributed by atoms with Gasteiger partial charge in [0.25, 0.3) is 0 Å². The molecule has 5 heteroatoms. The summed E-state index contributed by atoms with van der Waals surface area (Å²) in [6, 6.07) is 0. The van der Waals surface area contributed by atoms with Crippen LogP contribution in [-0.4, -0.2) is 28.1 Å². The second-order valence-electron chi connectivity index (χ2n) is 4.16. The molecule has 0 amide bonds. The number of likely N-dealkylation sites (tertiary alicyclic amines) is 1. The van der Waals surface area contributed by atoms with Gasteiger partial charge in [-0.2, -0.15) is 4.98 Å². The van der Waals surface area contributed by atoms with Crippen LogP contribution in [0, 0.1) is 5.92 Å². The van der Waals surface area contributed by atoms with Crippen molar-refractivity contribution < 1.29 is 4.52 Å². The van der Waals surface area contributed by atoms with Crippen molar-refractivity contribution in [3.63, 3.8) is 0 Å². The molecule has 0 spiro atoms. The summed E-state index contributed by atoms with van der Waals surface area (Å²) in [5.74, 6) is 1.91. The Bertz CT molecular complexity index is 342. The Hall–Kier alpha value is -1.20. The highest BCUT2D eigenvalue weighted by Gasteiger charge is 2.18. The lowest BCUT2D eigenvalue weighted by Gasteiger charge is -2.29. The topological polar surface area (TPSA) is 68.2 Å². The summed E-state index contributed by atoms with van der Waals surface area (Å²) in [5.41, 5.74) is 5.41. The third-order valence-corrected chi connectivity index (χ3v) is 3.02. The van der Waals surface area contributed by atoms with Crippen molar-refractivity contribution in [2.75, 3.05) is 13.1 Å². The SMILES string of the molecule is C=CC1CCN(Cc2noc(CN)n2)CC1. The molecule has 16 heavy (non-hydrogen) atoms. The minimum absolute atomic E-state index is 0.311. The van der Waals surface area contributed by atoms with Crippen molar-refractivity contribution in [1.29, 1.82) is 0 Å². The molecule has 5 nitrogen and oxygen atoms in total. The first-order valence-electron chi connectivity index (χ1n) is 5.68. The van der Waals surface area contributed by atoms with E-state index in [4.69, 9.17) is 10.3 Å². The van der Waals surface area contributed by atoms with Gasteiger partial charge in [0.05, 0.1) is 13.1 Å². The molecule has 1 aliphatic heterocycles. The van der Waals surface area contributed by atoms with Crippen molar-refractivity contribution in [3.8, 4) is 0 Å². The third-order valence-electron chi connectivity index (χ3n) is 3.02. The highest BCUT2D eigenvalue weighted by atomic mass is 16.5. The Labute approximate surface area is 95.3 Å². The minimum Gasteiger partial charge on any atom is -0.338 e. The largest absolute Gasteiger partial charge is 0.338 e. The second kappa shape index (κ2) is 5.23. The molecule has 1 aromatic heterocycles. The van der Waals surface area contributed by atoms with Crippen LogP contribution < -0.4 is 5.73 Å². The number of allylic oxidation sites excluding steroid dienone is 1. The second-order valence-corrected chi connectivity index (χ2v) is 4.16. The van der Waals surface area contributed by atoms with Gasteiger partial charge >= 0.3 is 0 Å². The van der Waals surface area contributed by atoms with Crippen molar-refractivity contribution >= 4 is 0 Å². The zero-order valence-corrected chi connectivity index (χ0v) is 9.43. The highest BCUT2D eigenvalue weighted by Crippen LogP contribution is 2.18. The number of hydrogen-bond acceptors (Lipinski definition) is 5. The van der Waals surface area contributed by atoms with Crippen LogP contribution in [0.15, 0.2) is 17.2 Å². The average Bonchev–Trinajstić information content (AvgIpc) is 2.78. The average molecular weight is 222 g/mol. The molecular weight excluding hydrogens is 204 g/mol. The number of nitrogens with two attached hydrogens (primary N) is 1. The summed E-state index contributed by atoms with van der Waals surface area (Å²) in [5, 5.41) is 3.89. The van der Waals surface area contributed by atoms with Gasteiger partial charge in [-0.1, -0.05) is 11.2 Å². The van der Waals surface area contributed by atoms with Gasteiger partial charge in [0, 0.05) is 0 Å². The molecule has 0 bridgehead atoms. The van der Waals surface area contributed by atoms with E-state index >= 15 is 0 Å². The highest BCUT2D eigenvalue weighted by molar-refractivity contribution is 4.89. The number of aromatic nitrogens is 2. The van der Waals surface area contributed by atoms with E-state index in [9.17, 15) is 0 Å². The zero-order valence-electron chi connectivity index (χ0n) is 9.43. The van der Waals surface area contributed by atoms with E-state index in [1.54, 1.807) is 0 Å². The maximum atomic E-state index is 5.41. The Morgan fingerprint density at radius 3 is 2.81 bits per heavy atom. The predicted octanol–water partition coefficient (Wildman–Crippen LogP) is 0.926. The van der Waals surface area contributed by atoms with Gasteiger partial charge in [-0.05, 0) is 31.8 Å². The summed E-state index contributed by atoms with van der Waals surface area (Å²) >= 11 is 0. The van der Waals surface area contributed by atoms with E-state index in [2.05, 4.69) is 27.7 Å². The van der Waals surface area contributed by atoms with E-state index in [1.165, 1.54) is 12.8 Å². The maximum absolute atomic E-state index is 5.41. The Morgan fingerprint density at radius 1 is 1.50 bits per heavy atom. The number of piperidine rings is 1. The minimum atomic E-state index is 0.311. The van der Waals surface area contributed by atoms with E-state index in [1.807, 2.05) is 0 Å². The molecule has 1 saturated heterocycles. The molecule has 0 atom stereocenters. The Balaban J connectivity index is 1.84.